The normalized spacial score (nSPS) is 11.4. The van der Waals surface area contributed by atoms with Gasteiger partial charge in [0.05, 0.1) is 21.8 Å². The molecule has 0 atom stereocenters. The minimum atomic E-state index is -3.62. The lowest BCUT2D eigenvalue weighted by Gasteiger charge is -2.07. The molecule has 0 radical (unpaired) electrons. The summed E-state index contributed by atoms with van der Waals surface area (Å²) in [5, 5.41) is 3.73. The highest BCUT2D eigenvalue weighted by atomic mass is 127. The highest BCUT2D eigenvalue weighted by molar-refractivity contribution is 14.1. The summed E-state index contributed by atoms with van der Waals surface area (Å²) in [5.74, 6) is 0.527. The van der Waals surface area contributed by atoms with Crippen molar-refractivity contribution in [2.45, 2.75) is 4.90 Å². The second kappa shape index (κ2) is 4.65. The molecule has 0 aliphatic heterocycles. The van der Waals surface area contributed by atoms with E-state index in [2.05, 4.69) is 27.7 Å². The molecule has 0 saturated heterocycles. The van der Waals surface area contributed by atoms with Gasteiger partial charge in [-0.15, -0.1) is 0 Å². The van der Waals surface area contributed by atoms with E-state index in [9.17, 15) is 8.42 Å². The fraction of sp³-hybridized carbons (Fsp3) is 0.100. The average Bonchev–Trinajstić information content (AvgIpc) is 2.83. The molecule has 1 heterocycles. The van der Waals surface area contributed by atoms with Gasteiger partial charge in [0.1, 0.15) is 5.75 Å². The van der Waals surface area contributed by atoms with E-state index in [1.165, 1.54) is 31.6 Å². The summed E-state index contributed by atoms with van der Waals surface area (Å²) in [4.78, 5) is 0.151. The summed E-state index contributed by atoms with van der Waals surface area (Å²) in [6.45, 7) is 0. The van der Waals surface area contributed by atoms with Gasteiger partial charge in [-0.05, 0) is 40.8 Å². The summed E-state index contributed by atoms with van der Waals surface area (Å²) in [7, 11) is -2.12. The molecule has 0 spiro atoms. The van der Waals surface area contributed by atoms with Crippen molar-refractivity contribution in [3.05, 3.63) is 40.2 Å². The van der Waals surface area contributed by atoms with Crippen molar-refractivity contribution >= 4 is 32.6 Å². The lowest BCUT2D eigenvalue weighted by molar-refractivity contribution is 0.410. The van der Waals surface area contributed by atoms with Gasteiger partial charge < -0.3 is 4.74 Å². The number of hydrogen-bond donors (Lipinski definition) is 0. The SMILES string of the molecule is COc1cc(S(=O)(=O)n2cccn2)ccc1I. The van der Waals surface area contributed by atoms with Crippen LogP contribution in [0.25, 0.3) is 0 Å². The number of methoxy groups -OCH3 is 1. The highest BCUT2D eigenvalue weighted by Gasteiger charge is 2.18. The summed E-state index contributed by atoms with van der Waals surface area (Å²) < 4.78 is 31.1. The maximum Gasteiger partial charge on any atom is 0.283 e. The van der Waals surface area contributed by atoms with E-state index < -0.39 is 10.0 Å². The van der Waals surface area contributed by atoms with Gasteiger partial charge in [0.25, 0.3) is 10.0 Å². The van der Waals surface area contributed by atoms with Crippen molar-refractivity contribution < 1.29 is 13.2 Å². The Morgan fingerprint density at radius 1 is 1.41 bits per heavy atom. The Morgan fingerprint density at radius 2 is 2.18 bits per heavy atom. The van der Waals surface area contributed by atoms with Crippen LogP contribution in [0.3, 0.4) is 0 Å². The molecule has 17 heavy (non-hydrogen) atoms. The fourth-order valence-electron chi connectivity index (χ4n) is 1.31. The predicted molar refractivity (Wildman–Crippen MR) is 70.5 cm³/mol. The molecule has 0 aliphatic carbocycles. The molecule has 2 aromatic rings. The number of ether oxygens (including phenoxy) is 1. The van der Waals surface area contributed by atoms with Gasteiger partial charge in [0.15, 0.2) is 0 Å². The summed E-state index contributed by atoms with van der Waals surface area (Å²) in [5.41, 5.74) is 0. The third-order valence-corrected chi connectivity index (χ3v) is 4.60. The van der Waals surface area contributed by atoms with Crippen molar-refractivity contribution in [3.63, 3.8) is 0 Å². The molecule has 0 saturated carbocycles. The van der Waals surface area contributed by atoms with Gasteiger partial charge in [0.2, 0.25) is 0 Å². The third-order valence-electron chi connectivity index (χ3n) is 2.15. The van der Waals surface area contributed by atoms with Crippen LogP contribution in [-0.2, 0) is 10.0 Å². The number of nitrogens with zero attached hydrogens (tertiary/aromatic N) is 2. The second-order valence-electron chi connectivity index (χ2n) is 3.18. The number of benzene rings is 1. The zero-order valence-corrected chi connectivity index (χ0v) is 11.8. The maximum absolute atomic E-state index is 12.1. The molecule has 0 N–H and O–H groups in total. The van der Waals surface area contributed by atoms with Gasteiger partial charge in [-0.25, -0.2) is 0 Å². The molecule has 2 rings (SSSR count). The minimum Gasteiger partial charge on any atom is -0.496 e. The molecular weight excluding hydrogens is 355 g/mol. The minimum absolute atomic E-state index is 0.151. The van der Waals surface area contributed by atoms with Crippen molar-refractivity contribution in [2.75, 3.05) is 7.11 Å². The zero-order chi connectivity index (χ0) is 12.5. The van der Waals surface area contributed by atoms with Gasteiger partial charge in [-0.1, -0.05) is 0 Å². The van der Waals surface area contributed by atoms with Gasteiger partial charge in [-0.2, -0.15) is 17.6 Å². The molecule has 1 aromatic heterocycles. The van der Waals surface area contributed by atoms with Crippen LogP contribution >= 0.6 is 22.6 Å². The molecule has 0 bridgehead atoms. The Hall–Kier alpha value is -1.09. The van der Waals surface area contributed by atoms with Crippen molar-refractivity contribution in [1.82, 2.24) is 9.19 Å². The monoisotopic (exact) mass is 364 g/mol. The number of rotatable bonds is 3. The molecule has 5 nitrogen and oxygen atoms in total. The second-order valence-corrected chi connectivity index (χ2v) is 6.14. The number of hydrogen-bond acceptors (Lipinski definition) is 4. The van der Waals surface area contributed by atoms with Crippen LogP contribution < -0.4 is 4.74 Å². The highest BCUT2D eigenvalue weighted by Crippen LogP contribution is 2.25. The Kier molecular flexibility index (Phi) is 3.38. The molecule has 0 unspecified atom stereocenters. The summed E-state index contributed by atoms with van der Waals surface area (Å²) >= 11 is 2.08. The van der Waals surface area contributed by atoms with Crippen LogP contribution in [0.2, 0.25) is 0 Å². The largest absolute Gasteiger partial charge is 0.496 e. The molecule has 0 aliphatic rings. The molecule has 7 heteroatoms. The predicted octanol–water partition coefficient (Wildman–Crippen LogP) is 1.73. The lowest BCUT2D eigenvalue weighted by atomic mass is 10.3. The van der Waals surface area contributed by atoms with E-state index >= 15 is 0 Å². The van der Waals surface area contributed by atoms with E-state index in [-0.39, 0.29) is 4.90 Å². The van der Waals surface area contributed by atoms with E-state index in [0.717, 1.165) is 7.66 Å². The maximum atomic E-state index is 12.1. The Bertz CT molecular complexity index is 623. The molecule has 90 valence electrons. The fourth-order valence-corrected chi connectivity index (χ4v) is 2.98. The topological polar surface area (TPSA) is 61.2 Å². The first-order chi connectivity index (χ1) is 8.05. The molecule has 0 fully saturated rings. The van der Waals surface area contributed by atoms with Gasteiger partial charge in [-0.3, -0.25) is 0 Å². The summed E-state index contributed by atoms with van der Waals surface area (Å²) in [6, 6.07) is 6.26. The Balaban J connectivity index is 2.55. The first-order valence-electron chi connectivity index (χ1n) is 4.64. The van der Waals surface area contributed by atoms with Gasteiger partial charge >= 0.3 is 0 Å². The molecule has 0 amide bonds. The third kappa shape index (κ3) is 2.29. The van der Waals surface area contributed by atoms with Crippen LogP contribution in [0.15, 0.2) is 41.6 Å². The van der Waals surface area contributed by atoms with Gasteiger partial charge in [0, 0.05) is 12.3 Å². The lowest BCUT2D eigenvalue weighted by Crippen LogP contribution is -2.13. The standard InChI is InChI=1S/C10H9IN2O3S/c1-16-10-7-8(3-4-9(10)11)17(14,15)13-6-2-5-12-13/h2-7H,1H3. The van der Waals surface area contributed by atoms with Crippen molar-refractivity contribution in [1.29, 1.82) is 0 Å². The van der Waals surface area contributed by atoms with E-state index in [4.69, 9.17) is 4.74 Å². The van der Waals surface area contributed by atoms with Crippen LogP contribution in [0.4, 0.5) is 0 Å². The molecular formula is C10H9IN2O3S. The Labute approximate surface area is 113 Å². The van der Waals surface area contributed by atoms with E-state index in [0.29, 0.717) is 5.75 Å². The summed E-state index contributed by atoms with van der Waals surface area (Å²) in [6.07, 6.45) is 2.81. The van der Waals surface area contributed by atoms with Crippen LogP contribution in [-0.4, -0.2) is 24.7 Å². The van der Waals surface area contributed by atoms with Crippen LogP contribution in [0, 0.1) is 3.57 Å². The zero-order valence-electron chi connectivity index (χ0n) is 8.87. The number of aromatic nitrogens is 2. The quantitative estimate of drug-likeness (QED) is 0.779. The first kappa shape index (κ1) is 12.4. The smallest absolute Gasteiger partial charge is 0.283 e. The van der Waals surface area contributed by atoms with E-state index in [1.807, 2.05) is 0 Å². The molecule has 1 aromatic carbocycles. The average molecular weight is 364 g/mol. The van der Waals surface area contributed by atoms with Crippen molar-refractivity contribution in [2.24, 2.45) is 0 Å². The Morgan fingerprint density at radius 3 is 2.76 bits per heavy atom. The van der Waals surface area contributed by atoms with Crippen molar-refractivity contribution in [3.8, 4) is 5.75 Å². The first-order valence-corrected chi connectivity index (χ1v) is 7.16. The van der Waals surface area contributed by atoms with E-state index in [1.54, 1.807) is 12.1 Å². The number of halogens is 1. The van der Waals surface area contributed by atoms with Crippen LogP contribution in [0.1, 0.15) is 0 Å². The van der Waals surface area contributed by atoms with Crippen LogP contribution in [0.5, 0.6) is 5.75 Å².